The van der Waals surface area contributed by atoms with Gasteiger partial charge in [0.1, 0.15) is 5.69 Å². The number of carbonyl (C=O) groups excluding carboxylic acids is 2. The fourth-order valence-corrected chi connectivity index (χ4v) is 2.23. The lowest BCUT2D eigenvalue weighted by molar-refractivity contribution is -0.120. The molecule has 1 heterocycles. The van der Waals surface area contributed by atoms with E-state index in [1.807, 2.05) is 31.2 Å². The lowest BCUT2D eigenvalue weighted by Gasteiger charge is -2.05. The zero-order valence-corrected chi connectivity index (χ0v) is 11.7. The molecule has 0 aliphatic heterocycles. The highest BCUT2D eigenvalue weighted by molar-refractivity contribution is 6.01. The number of carbonyl (C=O) groups is 2. The zero-order chi connectivity index (χ0) is 14.5. The molecule has 0 unspecified atom stereocenters. The minimum absolute atomic E-state index is 0.0198. The molecule has 20 heavy (non-hydrogen) atoms. The van der Waals surface area contributed by atoms with E-state index in [1.165, 1.54) is 0 Å². The molecule has 106 valence electrons. The molecule has 2 amide bonds. The highest BCUT2D eigenvalue weighted by atomic mass is 16.2. The molecule has 0 saturated heterocycles. The number of amides is 2. The van der Waals surface area contributed by atoms with Gasteiger partial charge in [-0.3, -0.25) is 9.59 Å². The molecule has 2 aromatic rings. The second kappa shape index (κ2) is 6.23. The third kappa shape index (κ3) is 2.82. The van der Waals surface area contributed by atoms with E-state index in [9.17, 15) is 9.59 Å². The fraction of sp³-hybridized carbons (Fsp3) is 0.333. The molecule has 0 bridgehead atoms. The van der Waals surface area contributed by atoms with Gasteiger partial charge in [-0.05, 0) is 18.1 Å². The normalized spacial score (nSPS) is 10.5. The minimum Gasteiger partial charge on any atom is -0.356 e. The van der Waals surface area contributed by atoms with Crippen molar-refractivity contribution in [2.75, 3.05) is 13.6 Å². The molecule has 1 aromatic carbocycles. The van der Waals surface area contributed by atoms with Crippen LogP contribution in [0.5, 0.6) is 0 Å². The third-order valence-electron chi connectivity index (χ3n) is 3.29. The van der Waals surface area contributed by atoms with Crippen LogP contribution in [0.4, 0.5) is 0 Å². The minimum atomic E-state index is -0.141. The molecule has 0 radical (unpaired) electrons. The van der Waals surface area contributed by atoms with Crippen LogP contribution < -0.4 is 10.6 Å². The number of rotatable bonds is 5. The van der Waals surface area contributed by atoms with Crippen LogP contribution in [0.1, 0.15) is 29.4 Å². The van der Waals surface area contributed by atoms with Gasteiger partial charge in [-0.2, -0.15) is 0 Å². The molecule has 5 nitrogen and oxygen atoms in total. The second-order valence-electron chi connectivity index (χ2n) is 4.56. The van der Waals surface area contributed by atoms with E-state index >= 15 is 0 Å². The number of benzene rings is 1. The SMILES string of the molecule is CCC(=O)NCCc1c(C(=O)NC)[nH]c2ccccc12. The van der Waals surface area contributed by atoms with E-state index in [2.05, 4.69) is 15.6 Å². The zero-order valence-electron chi connectivity index (χ0n) is 11.7. The molecule has 1 aromatic heterocycles. The third-order valence-corrected chi connectivity index (χ3v) is 3.29. The first-order chi connectivity index (χ1) is 9.67. The van der Waals surface area contributed by atoms with Crippen molar-refractivity contribution in [2.45, 2.75) is 19.8 Å². The van der Waals surface area contributed by atoms with Gasteiger partial charge in [0, 0.05) is 30.9 Å². The number of fused-ring (bicyclic) bond motifs is 1. The molecule has 0 aliphatic carbocycles. The first-order valence-electron chi connectivity index (χ1n) is 6.75. The quantitative estimate of drug-likeness (QED) is 0.774. The van der Waals surface area contributed by atoms with Gasteiger partial charge < -0.3 is 15.6 Å². The number of nitrogens with one attached hydrogen (secondary N) is 3. The van der Waals surface area contributed by atoms with Gasteiger partial charge in [0.25, 0.3) is 5.91 Å². The summed E-state index contributed by atoms with van der Waals surface area (Å²) in [5.41, 5.74) is 2.44. The van der Waals surface area contributed by atoms with Crippen molar-refractivity contribution in [1.82, 2.24) is 15.6 Å². The molecular weight excluding hydrogens is 254 g/mol. The highest BCUT2D eigenvalue weighted by Crippen LogP contribution is 2.22. The van der Waals surface area contributed by atoms with Gasteiger partial charge in [0.15, 0.2) is 0 Å². The molecule has 0 aliphatic rings. The molecule has 0 saturated carbocycles. The number of para-hydroxylation sites is 1. The van der Waals surface area contributed by atoms with Gasteiger partial charge in [-0.25, -0.2) is 0 Å². The Hall–Kier alpha value is -2.30. The summed E-state index contributed by atoms with van der Waals surface area (Å²) in [5.74, 6) is -0.121. The van der Waals surface area contributed by atoms with Crippen LogP contribution in [0.15, 0.2) is 24.3 Å². The predicted octanol–water partition coefficient (Wildman–Crippen LogP) is 1.60. The lowest BCUT2D eigenvalue weighted by atomic mass is 10.1. The summed E-state index contributed by atoms with van der Waals surface area (Å²) in [6, 6.07) is 7.79. The van der Waals surface area contributed by atoms with Gasteiger partial charge in [-0.1, -0.05) is 25.1 Å². The number of H-pyrrole nitrogens is 1. The topological polar surface area (TPSA) is 74.0 Å². The standard InChI is InChI=1S/C15H19N3O2/c1-3-13(19)17-9-8-11-10-6-4-5-7-12(10)18-14(11)15(20)16-2/h4-7,18H,3,8-9H2,1-2H3,(H,16,20)(H,17,19). The van der Waals surface area contributed by atoms with Crippen LogP contribution >= 0.6 is 0 Å². The summed E-state index contributed by atoms with van der Waals surface area (Å²) >= 11 is 0. The van der Waals surface area contributed by atoms with Crippen LogP contribution in [-0.4, -0.2) is 30.4 Å². The first-order valence-corrected chi connectivity index (χ1v) is 6.75. The molecule has 0 atom stereocenters. The van der Waals surface area contributed by atoms with Crippen LogP contribution in [0.25, 0.3) is 10.9 Å². The second-order valence-corrected chi connectivity index (χ2v) is 4.56. The maximum Gasteiger partial charge on any atom is 0.267 e. The maximum atomic E-state index is 11.9. The van der Waals surface area contributed by atoms with Crippen molar-refractivity contribution in [3.63, 3.8) is 0 Å². The number of hydrogen-bond donors (Lipinski definition) is 3. The lowest BCUT2D eigenvalue weighted by Crippen LogP contribution is -2.26. The van der Waals surface area contributed by atoms with E-state index in [0.717, 1.165) is 16.5 Å². The Morgan fingerprint density at radius 3 is 2.70 bits per heavy atom. The van der Waals surface area contributed by atoms with Crippen molar-refractivity contribution >= 4 is 22.7 Å². The summed E-state index contributed by atoms with van der Waals surface area (Å²) in [5, 5.41) is 6.50. The smallest absolute Gasteiger partial charge is 0.267 e. The van der Waals surface area contributed by atoms with Crippen molar-refractivity contribution < 1.29 is 9.59 Å². The van der Waals surface area contributed by atoms with Gasteiger partial charge in [-0.15, -0.1) is 0 Å². The summed E-state index contributed by atoms with van der Waals surface area (Å²) in [6.45, 7) is 2.34. The Bertz CT molecular complexity index is 631. The van der Waals surface area contributed by atoms with Crippen molar-refractivity contribution in [3.8, 4) is 0 Å². The summed E-state index contributed by atoms with van der Waals surface area (Å²) < 4.78 is 0. The van der Waals surface area contributed by atoms with Gasteiger partial charge >= 0.3 is 0 Å². The van der Waals surface area contributed by atoms with Crippen LogP contribution in [-0.2, 0) is 11.2 Å². The molecule has 0 fully saturated rings. The summed E-state index contributed by atoms with van der Waals surface area (Å²) in [7, 11) is 1.61. The fourth-order valence-electron chi connectivity index (χ4n) is 2.23. The Kier molecular flexibility index (Phi) is 4.40. The summed E-state index contributed by atoms with van der Waals surface area (Å²) in [4.78, 5) is 26.4. The van der Waals surface area contributed by atoms with E-state index in [0.29, 0.717) is 25.1 Å². The maximum absolute atomic E-state index is 11.9. The van der Waals surface area contributed by atoms with Crippen LogP contribution in [0, 0.1) is 0 Å². The monoisotopic (exact) mass is 273 g/mol. The van der Waals surface area contributed by atoms with E-state index in [4.69, 9.17) is 0 Å². The number of aromatic nitrogens is 1. The first kappa shape index (κ1) is 14.1. The molecular formula is C15H19N3O2. The van der Waals surface area contributed by atoms with Gasteiger partial charge in [0.05, 0.1) is 0 Å². The van der Waals surface area contributed by atoms with E-state index in [-0.39, 0.29) is 11.8 Å². The average molecular weight is 273 g/mol. The number of hydrogen-bond acceptors (Lipinski definition) is 2. The van der Waals surface area contributed by atoms with Crippen molar-refractivity contribution in [2.24, 2.45) is 0 Å². The Labute approximate surface area is 117 Å². The van der Waals surface area contributed by atoms with Crippen LogP contribution in [0.2, 0.25) is 0 Å². The Balaban J connectivity index is 2.28. The largest absolute Gasteiger partial charge is 0.356 e. The summed E-state index contributed by atoms with van der Waals surface area (Å²) in [6.07, 6.45) is 1.09. The molecule has 0 spiro atoms. The predicted molar refractivity (Wildman–Crippen MR) is 78.7 cm³/mol. The molecule has 3 N–H and O–H groups in total. The average Bonchev–Trinajstić information content (AvgIpc) is 2.85. The Morgan fingerprint density at radius 2 is 2.00 bits per heavy atom. The van der Waals surface area contributed by atoms with Crippen molar-refractivity contribution in [1.29, 1.82) is 0 Å². The van der Waals surface area contributed by atoms with E-state index in [1.54, 1.807) is 7.05 Å². The molecule has 5 heteroatoms. The highest BCUT2D eigenvalue weighted by Gasteiger charge is 2.16. The molecule has 2 rings (SSSR count). The van der Waals surface area contributed by atoms with Gasteiger partial charge in [0.2, 0.25) is 5.91 Å². The van der Waals surface area contributed by atoms with E-state index < -0.39 is 0 Å². The van der Waals surface area contributed by atoms with Crippen molar-refractivity contribution in [3.05, 3.63) is 35.5 Å². The Morgan fingerprint density at radius 1 is 1.25 bits per heavy atom. The van der Waals surface area contributed by atoms with Crippen LogP contribution in [0.3, 0.4) is 0 Å². The number of aromatic amines is 1.